The molecule has 35 heavy (non-hydrogen) atoms. The van der Waals surface area contributed by atoms with Crippen LogP contribution in [-0.4, -0.2) is 48.8 Å². The lowest BCUT2D eigenvalue weighted by Crippen LogP contribution is -2.55. The third-order valence-electron chi connectivity index (χ3n) is 9.02. The van der Waals surface area contributed by atoms with Crippen molar-refractivity contribution in [3.8, 4) is 5.75 Å². The number of hydrogen-bond acceptors (Lipinski definition) is 4. The summed E-state index contributed by atoms with van der Waals surface area (Å²) >= 11 is 0. The van der Waals surface area contributed by atoms with E-state index < -0.39 is 20.6 Å². The van der Waals surface area contributed by atoms with E-state index in [1.165, 1.54) is 11.1 Å². The highest BCUT2D eigenvalue weighted by atomic mass is 28.4. The number of piperidine rings is 1. The third kappa shape index (κ3) is 6.03. The number of rotatable bonds is 9. The van der Waals surface area contributed by atoms with Crippen LogP contribution in [0.15, 0.2) is 24.3 Å². The molecule has 1 unspecified atom stereocenters. The summed E-state index contributed by atoms with van der Waals surface area (Å²) in [5.41, 5.74) is 2.76. The van der Waals surface area contributed by atoms with Gasteiger partial charge in [0.1, 0.15) is 12.4 Å². The van der Waals surface area contributed by atoms with E-state index in [2.05, 4.69) is 71.3 Å². The van der Waals surface area contributed by atoms with Gasteiger partial charge in [-0.1, -0.05) is 47.6 Å². The van der Waals surface area contributed by atoms with Gasteiger partial charge in [-0.25, -0.2) is 4.39 Å². The van der Waals surface area contributed by atoms with E-state index in [0.717, 1.165) is 43.7 Å². The first kappa shape index (κ1) is 28.4. The minimum atomic E-state index is -2.10. The highest BCUT2D eigenvalue weighted by molar-refractivity contribution is 6.74. The van der Waals surface area contributed by atoms with Crippen molar-refractivity contribution in [3.05, 3.63) is 41.0 Å². The lowest BCUT2D eigenvalue weighted by molar-refractivity contribution is -0.104. The van der Waals surface area contributed by atoms with Gasteiger partial charge in [-0.2, -0.15) is 0 Å². The summed E-state index contributed by atoms with van der Waals surface area (Å²) in [6.07, 6.45) is 3.81. The quantitative estimate of drug-likeness (QED) is 0.295. The smallest absolute Gasteiger partial charge is 0.250 e. The first-order valence-electron chi connectivity index (χ1n) is 13.4. The van der Waals surface area contributed by atoms with Crippen LogP contribution in [-0.2, 0) is 13.0 Å². The van der Waals surface area contributed by atoms with Crippen LogP contribution in [0.2, 0.25) is 18.1 Å². The molecule has 0 aromatic heterocycles. The second-order valence-corrected chi connectivity index (χ2v) is 17.5. The molecule has 2 N–H and O–H groups in total. The Kier molecular flexibility index (Phi) is 8.63. The molecule has 1 aromatic rings. The number of aliphatic hydroxyl groups is 2. The number of halogens is 1. The summed E-state index contributed by atoms with van der Waals surface area (Å²) in [4.78, 5) is 2.51. The topological polar surface area (TPSA) is 52.9 Å². The third-order valence-corrected chi connectivity index (χ3v) is 13.4. The van der Waals surface area contributed by atoms with Crippen LogP contribution < -0.4 is 4.43 Å². The Morgan fingerprint density at radius 2 is 2.03 bits per heavy atom. The first-order chi connectivity index (χ1) is 16.2. The molecule has 1 saturated heterocycles. The Labute approximate surface area is 213 Å². The van der Waals surface area contributed by atoms with Gasteiger partial charge in [0.15, 0.2) is 0 Å². The van der Waals surface area contributed by atoms with Crippen LogP contribution in [0.25, 0.3) is 0 Å². The maximum Gasteiger partial charge on any atom is 0.250 e. The summed E-state index contributed by atoms with van der Waals surface area (Å²) < 4.78 is 20.2. The average Bonchev–Trinajstić information content (AvgIpc) is 2.78. The van der Waals surface area contributed by atoms with Gasteiger partial charge in [0.2, 0.25) is 8.32 Å². The van der Waals surface area contributed by atoms with E-state index in [1.807, 2.05) is 0 Å². The zero-order valence-corrected chi connectivity index (χ0v) is 24.1. The molecule has 0 saturated carbocycles. The van der Waals surface area contributed by atoms with E-state index in [1.54, 1.807) is 0 Å². The molecule has 3 rings (SSSR count). The molecule has 0 aliphatic carbocycles. The van der Waals surface area contributed by atoms with Gasteiger partial charge in [0.05, 0.1) is 12.2 Å². The largest absolute Gasteiger partial charge is 0.543 e. The summed E-state index contributed by atoms with van der Waals surface area (Å²) in [6, 6.07) is 4.30. The maximum absolute atomic E-state index is 13.5. The number of alkyl halides is 1. The zero-order chi connectivity index (χ0) is 26.2. The number of nitrogens with zero attached hydrogens (tertiary/aromatic N) is 1. The Balaban J connectivity index is 2.00. The van der Waals surface area contributed by atoms with E-state index in [9.17, 15) is 14.6 Å². The van der Waals surface area contributed by atoms with Gasteiger partial charge < -0.3 is 14.6 Å². The van der Waals surface area contributed by atoms with Gasteiger partial charge in [0, 0.05) is 30.6 Å². The average molecular weight is 505 g/mol. The SMILES string of the molecule is C=C(C[18F])C[C@]1(O)C[C@H]2c3cc(O[Si](C)(C)C(C)(C)C)c(CO)cc3CCN2C[C@@H]1CC(C)CC. The molecule has 1 fully saturated rings. The summed E-state index contributed by atoms with van der Waals surface area (Å²) in [5, 5.41) is 22.2. The lowest BCUT2D eigenvalue weighted by atomic mass is 9.68. The van der Waals surface area contributed by atoms with Gasteiger partial charge in [0.25, 0.3) is 0 Å². The lowest BCUT2D eigenvalue weighted by Gasteiger charge is -2.52. The molecule has 4 nitrogen and oxygen atoms in total. The van der Waals surface area contributed by atoms with E-state index in [0.29, 0.717) is 24.3 Å². The Morgan fingerprint density at radius 1 is 1.34 bits per heavy atom. The van der Waals surface area contributed by atoms with Crippen LogP contribution in [0.4, 0.5) is 4.39 Å². The molecule has 198 valence electrons. The molecule has 2 heterocycles. The fourth-order valence-corrected chi connectivity index (χ4v) is 6.58. The molecule has 2 aliphatic rings. The van der Waals surface area contributed by atoms with Crippen LogP contribution in [0, 0.1) is 11.8 Å². The van der Waals surface area contributed by atoms with Crippen LogP contribution >= 0.6 is 0 Å². The Hall–Kier alpha value is -1.21. The fourth-order valence-electron chi connectivity index (χ4n) is 5.54. The number of fused-ring (bicyclic) bond motifs is 3. The van der Waals surface area contributed by atoms with Crippen LogP contribution in [0.1, 0.15) is 83.0 Å². The van der Waals surface area contributed by atoms with Crippen molar-refractivity contribution in [1.29, 1.82) is 0 Å². The van der Waals surface area contributed by atoms with Gasteiger partial charge in [-0.15, -0.1) is 0 Å². The zero-order valence-electron chi connectivity index (χ0n) is 23.1. The van der Waals surface area contributed by atoms with Crippen molar-refractivity contribution in [1.82, 2.24) is 4.90 Å². The minimum Gasteiger partial charge on any atom is -0.543 e. The molecule has 2 aliphatic heterocycles. The number of benzene rings is 1. The normalized spacial score (nSPS) is 26.1. The van der Waals surface area contributed by atoms with Crippen molar-refractivity contribution in [2.75, 3.05) is 19.8 Å². The van der Waals surface area contributed by atoms with E-state index >= 15 is 0 Å². The Bertz CT molecular complexity index is 912. The van der Waals surface area contributed by atoms with Crippen molar-refractivity contribution in [3.63, 3.8) is 0 Å². The van der Waals surface area contributed by atoms with E-state index in [-0.39, 0.29) is 23.6 Å². The standard InChI is InChI=1S/C29H48FNO3Si/c1-9-20(2)12-24-18-31-11-10-22-13-23(19-32)27(34-35(7,8)28(4,5)6)14-25(22)26(31)16-29(24,33)15-21(3)17-30/h13-14,20,24,26,32-33H,3,9-12,15-19H2,1-2,4-8H3/t20?,24-,26-,29-/m0/s1/i30-1. The highest BCUT2D eigenvalue weighted by Crippen LogP contribution is 2.49. The monoisotopic (exact) mass is 504 g/mol. The summed E-state index contributed by atoms with van der Waals surface area (Å²) in [5.74, 6) is 1.38. The molecule has 4 atom stereocenters. The van der Waals surface area contributed by atoms with Gasteiger partial charge in [-0.05, 0) is 78.6 Å². The van der Waals surface area contributed by atoms with Crippen molar-refractivity contribution >= 4 is 8.32 Å². The maximum atomic E-state index is 13.5. The first-order valence-corrected chi connectivity index (χ1v) is 16.3. The van der Waals surface area contributed by atoms with Crippen LogP contribution in [0.5, 0.6) is 5.75 Å². The second kappa shape index (κ2) is 10.6. The molecule has 6 heteroatoms. The fraction of sp³-hybridized carbons (Fsp3) is 0.724. The second-order valence-electron chi connectivity index (χ2n) is 12.8. The van der Waals surface area contributed by atoms with Crippen molar-refractivity contribution in [2.24, 2.45) is 11.8 Å². The molecule has 0 spiro atoms. The predicted octanol–water partition coefficient (Wildman–Crippen LogP) is 6.57. The van der Waals surface area contributed by atoms with E-state index in [4.69, 9.17) is 4.43 Å². The molecule has 1 aromatic carbocycles. The molecular weight excluding hydrogens is 456 g/mol. The van der Waals surface area contributed by atoms with Gasteiger partial charge in [-0.3, -0.25) is 4.90 Å². The number of aliphatic hydroxyl groups excluding tert-OH is 1. The molecule has 0 bridgehead atoms. The molecule has 0 amide bonds. The van der Waals surface area contributed by atoms with Crippen molar-refractivity contribution in [2.45, 2.75) is 103 Å². The summed E-state index contributed by atoms with van der Waals surface area (Å²) in [7, 11) is -2.10. The minimum absolute atomic E-state index is 0.0443. The Morgan fingerprint density at radius 3 is 2.60 bits per heavy atom. The van der Waals surface area contributed by atoms with Gasteiger partial charge >= 0.3 is 0 Å². The van der Waals surface area contributed by atoms with Crippen molar-refractivity contribution < 1.29 is 19.0 Å². The molecular formula is C29H48FNO3Si. The summed E-state index contributed by atoms with van der Waals surface area (Å²) in [6.45, 7) is 20.5. The molecule has 0 radical (unpaired) electrons. The van der Waals surface area contributed by atoms with Crippen LogP contribution in [0.3, 0.4) is 0 Å². The predicted molar refractivity (Wildman–Crippen MR) is 145 cm³/mol. The number of hydrogen-bond donors (Lipinski definition) is 2. The highest BCUT2D eigenvalue weighted by Gasteiger charge is 2.48.